The van der Waals surface area contributed by atoms with Crippen molar-refractivity contribution in [1.82, 2.24) is 0 Å². The van der Waals surface area contributed by atoms with Crippen LogP contribution in [0.25, 0.3) is 0 Å². The molecule has 0 fully saturated rings. The number of hydrogen-bond acceptors (Lipinski definition) is 2. The maximum Gasteiger partial charge on any atom is 0.0418 e. The molecule has 0 amide bonds. The summed E-state index contributed by atoms with van der Waals surface area (Å²) in [5, 5.41) is 7.06. The van der Waals surface area contributed by atoms with Crippen LogP contribution in [0, 0.1) is 0 Å². The van der Waals surface area contributed by atoms with E-state index in [1.165, 1.54) is 33.9 Å². The monoisotopic (exact) mass is 234 g/mol. The van der Waals surface area contributed by atoms with E-state index in [0.29, 0.717) is 0 Å². The minimum atomic E-state index is 1.01. The van der Waals surface area contributed by atoms with Crippen LogP contribution in [-0.4, -0.2) is 0 Å². The average molecular weight is 234 g/mol. The molecule has 18 heavy (non-hydrogen) atoms. The highest BCUT2D eigenvalue weighted by molar-refractivity contribution is 5.68. The number of hydrogen-bond donors (Lipinski definition) is 2. The number of benzene rings is 2. The van der Waals surface area contributed by atoms with Gasteiger partial charge in [0.1, 0.15) is 0 Å². The van der Waals surface area contributed by atoms with Crippen molar-refractivity contribution < 1.29 is 0 Å². The summed E-state index contributed by atoms with van der Waals surface area (Å²) in [5.41, 5.74) is 7.89. The first-order valence-electron chi connectivity index (χ1n) is 6.32. The third kappa shape index (κ3) is 1.42. The predicted octanol–water partition coefficient (Wildman–Crippen LogP) is 3.53. The van der Waals surface area contributed by atoms with Crippen molar-refractivity contribution in [3.63, 3.8) is 0 Å². The Morgan fingerprint density at radius 2 is 1.06 bits per heavy atom. The number of nitrogens with one attached hydrogen (secondary N) is 2. The summed E-state index contributed by atoms with van der Waals surface area (Å²) < 4.78 is 0. The molecule has 88 valence electrons. The van der Waals surface area contributed by atoms with Gasteiger partial charge in [-0.2, -0.15) is 0 Å². The van der Waals surface area contributed by atoms with Crippen molar-refractivity contribution in [3.8, 4) is 0 Å². The number of rotatable bonds is 0. The van der Waals surface area contributed by atoms with E-state index in [4.69, 9.17) is 0 Å². The second kappa shape index (κ2) is 3.64. The van der Waals surface area contributed by atoms with Crippen LogP contribution in [-0.2, 0) is 12.8 Å². The first-order valence-corrected chi connectivity index (χ1v) is 6.32. The van der Waals surface area contributed by atoms with Gasteiger partial charge in [-0.25, -0.2) is 0 Å². The van der Waals surface area contributed by atoms with Crippen molar-refractivity contribution in [2.75, 3.05) is 10.6 Å². The molecule has 2 nitrogen and oxygen atoms in total. The summed E-state index contributed by atoms with van der Waals surface area (Å²) >= 11 is 0. The summed E-state index contributed by atoms with van der Waals surface area (Å²) in [5.74, 6) is 0. The van der Waals surface area contributed by atoms with Gasteiger partial charge in [-0.05, 0) is 23.3 Å². The minimum absolute atomic E-state index is 1.01. The fourth-order valence-corrected chi connectivity index (χ4v) is 2.75. The summed E-state index contributed by atoms with van der Waals surface area (Å²) in [6, 6.07) is 17.0. The van der Waals surface area contributed by atoms with Crippen LogP contribution in [0.1, 0.15) is 11.1 Å². The van der Waals surface area contributed by atoms with E-state index in [9.17, 15) is 0 Å². The van der Waals surface area contributed by atoms with Crippen LogP contribution in [0.15, 0.2) is 59.9 Å². The first kappa shape index (κ1) is 9.77. The van der Waals surface area contributed by atoms with Gasteiger partial charge in [0.2, 0.25) is 0 Å². The molecular weight excluding hydrogens is 220 g/mol. The molecule has 0 saturated heterocycles. The molecule has 2 aliphatic rings. The molecule has 4 rings (SSSR count). The molecule has 2 heterocycles. The number of para-hydroxylation sites is 2. The third-order valence-electron chi connectivity index (χ3n) is 3.70. The number of anilines is 2. The number of allylic oxidation sites excluding steroid dienone is 2. The van der Waals surface area contributed by atoms with Gasteiger partial charge in [0, 0.05) is 35.6 Å². The molecule has 0 unspecified atom stereocenters. The molecule has 0 aliphatic carbocycles. The van der Waals surface area contributed by atoms with E-state index in [1.807, 2.05) is 0 Å². The quantitative estimate of drug-likeness (QED) is 0.728. The molecule has 2 aliphatic heterocycles. The Hall–Kier alpha value is -2.22. The maximum atomic E-state index is 3.53. The zero-order chi connectivity index (χ0) is 11.9. The summed E-state index contributed by atoms with van der Waals surface area (Å²) in [4.78, 5) is 0. The lowest BCUT2D eigenvalue weighted by atomic mass is 10.1. The van der Waals surface area contributed by atoms with E-state index in [-0.39, 0.29) is 0 Å². The topological polar surface area (TPSA) is 24.1 Å². The highest BCUT2D eigenvalue weighted by atomic mass is 15.0. The minimum Gasteiger partial charge on any atom is -0.357 e. The lowest BCUT2D eigenvalue weighted by Gasteiger charge is -2.06. The van der Waals surface area contributed by atoms with Crippen LogP contribution in [0.5, 0.6) is 0 Å². The van der Waals surface area contributed by atoms with Crippen molar-refractivity contribution in [1.29, 1.82) is 0 Å². The molecule has 0 bridgehead atoms. The normalized spacial score (nSPS) is 20.0. The summed E-state index contributed by atoms with van der Waals surface area (Å²) in [7, 11) is 0. The largest absolute Gasteiger partial charge is 0.357 e. The van der Waals surface area contributed by atoms with E-state index < -0.39 is 0 Å². The second-order valence-electron chi connectivity index (χ2n) is 4.87. The zero-order valence-electron chi connectivity index (χ0n) is 10.0. The molecule has 0 aromatic heterocycles. The van der Waals surface area contributed by atoms with Gasteiger partial charge in [-0.15, -0.1) is 0 Å². The second-order valence-corrected chi connectivity index (χ2v) is 4.87. The Balaban J connectivity index is 1.70. The lowest BCUT2D eigenvalue weighted by Crippen LogP contribution is -2.03. The van der Waals surface area contributed by atoms with Crippen LogP contribution in [0.4, 0.5) is 11.4 Å². The average Bonchev–Trinajstić information content (AvgIpc) is 3.02. The molecule has 2 heteroatoms. The van der Waals surface area contributed by atoms with Crippen LogP contribution in [0.3, 0.4) is 0 Å². The lowest BCUT2D eigenvalue weighted by molar-refractivity contribution is 1.12. The Morgan fingerprint density at radius 1 is 0.611 bits per heavy atom. The van der Waals surface area contributed by atoms with Crippen molar-refractivity contribution in [2.24, 2.45) is 0 Å². The Kier molecular flexibility index (Phi) is 1.97. The molecule has 0 radical (unpaired) electrons. The SMILES string of the molecule is c1ccc2c(c1)CC(=C1Cc3ccccc3N1)N2. The standard InChI is InChI=1S/C16H14N2/c1-3-7-13-11(5-1)9-15(17-13)16-10-12-6-2-4-8-14(12)18-16/h1-8,17-18H,9-10H2. The van der Waals surface area contributed by atoms with Crippen molar-refractivity contribution in [2.45, 2.75) is 12.8 Å². The van der Waals surface area contributed by atoms with Gasteiger partial charge >= 0.3 is 0 Å². The maximum absolute atomic E-state index is 3.53. The van der Waals surface area contributed by atoms with Crippen LogP contribution >= 0.6 is 0 Å². The predicted molar refractivity (Wildman–Crippen MR) is 74.6 cm³/mol. The Bertz CT molecular complexity index is 544. The van der Waals surface area contributed by atoms with Gasteiger partial charge in [0.05, 0.1) is 0 Å². The Labute approximate surface area is 106 Å². The molecular formula is C16H14N2. The van der Waals surface area contributed by atoms with Gasteiger partial charge in [0.15, 0.2) is 0 Å². The van der Waals surface area contributed by atoms with E-state index >= 15 is 0 Å². The van der Waals surface area contributed by atoms with Crippen LogP contribution < -0.4 is 10.6 Å². The van der Waals surface area contributed by atoms with Gasteiger partial charge in [-0.3, -0.25) is 0 Å². The molecule has 2 aromatic carbocycles. The van der Waals surface area contributed by atoms with Gasteiger partial charge < -0.3 is 10.6 Å². The van der Waals surface area contributed by atoms with Gasteiger partial charge in [-0.1, -0.05) is 36.4 Å². The third-order valence-corrected chi connectivity index (χ3v) is 3.70. The Morgan fingerprint density at radius 3 is 1.50 bits per heavy atom. The summed E-state index contributed by atoms with van der Waals surface area (Å²) in [6.07, 6.45) is 2.01. The van der Waals surface area contributed by atoms with Crippen molar-refractivity contribution >= 4 is 11.4 Å². The fourth-order valence-electron chi connectivity index (χ4n) is 2.75. The van der Waals surface area contributed by atoms with E-state index in [1.54, 1.807) is 0 Å². The van der Waals surface area contributed by atoms with Crippen molar-refractivity contribution in [3.05, 3.63) is 71.1 Å². The van der Waals surface area contributed by atoms with Crippen LogP contribution in [0.2, 0.25) is 0 Å². The number of fused-ring (bicyclic) bond motifs is 2. The first-order chi connectivity index (χ1) is 8.90. The summed E-state index contributed by atoms with van der Waals surface area (Å²) in [6.45, 7) is 0. The fraction of sp³-hybridized carbons (Fsp3) is 0.125. The molecule has 0 atom stereocenters. The van der Waals surface area contributed by atoms with E-state index in [2.05, 4.69) is 59.2 Å². The highest BCUT2D eigenvalue weighted by Gasteiger charge is 2.22. The van der Waals surface area contributed by atoms with Gasteiger partial charge in [0.25, 0.3) is 0 Å². The highest BCUT2D eigenvalue weighted by Crippen LogP contribution is 2.34. The molecule has 2 N–H and O–H groups in total. The smallest absolute Gasteiger partial charge is 0.0418 e. The molecule has 2 aromatic rings. The van der Waals surface area contributed by atoms with E-state index in [0.717, 1.165) is 12.8 Å². The molecule has 0 saturated carbocycles. The molecule has 0 spiro atoms. The zero-order valence-corrected chi connectivity index (χ0v) is 10.0.